The first-order valence-electron chi connectivity index (χ1n) is 11.4. The van der Waals surface area contributed by atoms with Gasteiger partial charge < -0.3 is 5.11 Å². The Labute approximate surface area is 191 Å². The first-order valence-corrected chi connectivity index (χ1v) is 11.4. The van der Waals surface area contributed by atoms with Crippen molar-refractivity contribution < 1.29 is 9.90 Å². The van der Waals surface area contributed by atoms with Crippen molar-refractivity contribution in [2.75, 3.05) is 0 Å². The Hall–Kier alpha value is -3.13. The van der Waals surface area contributed by atoms with E-state index in [4.69, 9.17) is 0 Å². The minimum absolute atomic E-state index is 0.123. The fraction of sp³-hybridized carbons (Fsp3) is 0.300. The number of fused-ring (bicyclic) bond motifs is 1. The summed E-state index contributed by atoms with van der Waals surface area (Å²) in [5.74, 6) is -0.899. The number of carboxylic acids is 1. The van der Waals surface area contributed by atoms with E-state index < -0.39 is 5.97 Å². The van der Waals surface area contributed by atoms with Gasteiger partial charge in [0.2, 0.25) is 0 Å². The second kappa shape index (κ2) is 8.43. The van der Waals surface area contributed by atoms with E-state index in [-0.39, 0.29) is 10.8 Å². The van der Waals surface area contributed by atoms with E-state index in [1.165, 1.54) is 28.7 Å². The number of benzene rings is 3. The Morgan fingerprint density at radius 3 is 2.16 bits per heavy atom. The maximum absolute atomic E-state index is 11.8. The maximum atomic E-state index is 11.8. The van der Waals surface area contributed by atoms with E-state index in [1.54, 1.807) is 12.1 Å². The molecule has 2 heteroatoms. The molecule has 0 saturated carbocycles. The maximum Gasteiger partial charge on any atom is 0.336 e. The standard InChI is InChI=1S/C30H32O2/c1-29(2)16-17-30(3,4)27-20-22(14-15-26(27)29)24(18-21-10-6-5-7-11-21)19-23-12-8-9-13-25(23)28(31)32/h5-15,19-20H,16-18H2,1-4H3,(H,31,32). The molecule has 0 amide bonds. The molecule has 1 N–H and O–H groups in total. The van der Waals surface area contributed by atoms with Gasteiger partial charge in [-0.2, -0.15) is 0 Å². The van der Waals surface area contributed by atoms with E-state index in [2.05, 4.69) is 76.2 Å². The van der Waals surface area contributed by atoms with Gasteiger partial charge in [-0.05, 0) is 75.6 Å². The van der Waals surface area contributed by atoms with Crippen LogP contribution in [0.1, 0.15) is 78.7 Å². The SMILES string of the molecule is CC1(C)CCC(C)(C)c2cc(C(=Cc3ccccc3C(=O)O)Cc3ccccc3)ccc21. The Morgan fingerprint density at radius 2 is 1.47 bits per heavy atom. The summed E-state index contributed by atoms with van der Waals surface area (Å²) in [5.41, 5.74) is 7.72. The Kier molecular flexibility index (Phi) is 5.81. The van der Waals surface area contributed by atoms with Gasteiger partial charge in [0, 0.05) is 0 Å². The van der Waals surface area contributed by atoms with Crippen LogP contribution in [0, 0.1) is 0 Å². The summed E-state index contributed by atoms with van der Waals surface area (Å²) in [6, 6.07) is 24.5. The van der Waals surface area contributed by atoms with Crippen LogP contribution in [-0.4, -0.2) is 11.1 Å². The number of aromatic carboxylic acids is 1. The van der Waals surface area contributed by atoms with Crippen LogP contribution in [0.5, 0.6) is 0 Å². The van der Waals surface area contributed by atoms with Gasteiger partial charge in [-0.1, -0.05) is 94.4 Å². The molecule has 0 saturated heterocycles. The molecule has 3 aromatic carbocycles. The summed E-state index contributed by atoms with van der Waals surface area (Å²) in [6.07, 6.45) is 5.15. The molecule has 0 spiro atoms. The second-order valence-electron chi connectivity index (χ2n) is 10.3. The molecule has 2 nitrogen and oxygen atoms in total. The zero-order valence-electron chi connectivity index (χ0n) is 19.5. The third-order valence-corrected chi connectivity index (χ3v) is 6.98. The summed E-state index contributed by atoms with van der Waals surface area (Å²) >= 11 is 0. The van der Waals surface area contributed by atoms with E-state index >= 15 is 0 Å². The minimum Gasteiger partial charge on any atom is -0.478 e. The molecule has 0 bridgehead atoms. The predicted octanol–water partition coefficient (Wildman–Crippen LogP) is 7.52. The molecule has 0 radical (unpaired) electrons. The molecule has 1 aliphatic rings. The molecule has 32 heavy (non-hydrogen) atoms. The summed E-state index contributed by atoms with van der Waals surface area (Å²) in [7, 11) is 0. The van der Waals surface area contributed by atoms with Crippen LogP contribution in [0.15, 0.2) is 72.8 Å². The summed E-state index contributed by atoms with van der Waals surface area (Å²) in [4.78, 5) is 11.8. The van der Waals surface area contributed by atoms with Gasteiger partial charge in [0.1, 0.15) is 0 Å². The zero-order chi connectivity index (χ0) is 22.9. The average molecular weight is 425 g/mol. The lowest BCUT2D eigenvalue weighted by Gasteiger charge is -2.42. The fourth-order valence-electron chi connectivity index (χ4n) is 4.85. The van der Waals surface area contributed by atoms with Gasteiger partial charge >= 0.3 is 5.97 Å². The van der Waals surface area contributed by atoms with Crippen LogP contribution in [0.2, 0.25) is 0 Å². The van der Waals surface area contributed by atoms with Crippen LogP contribution in [0.4, 0.5) is 0 Å². The van der Waals surface area contributed by atoms with Crippen molar-refractivity contribution in [3.63, 3.8) is 0 Å². The highest BCUT2D eigenvalue weighted by atomic mass is 16.4. The molecule has 0 aromatic heterocycles. The van der Waals surface area contributed by atoms with Gasteiger partial charge in [0.25, 0.3) is 0 Å². The third kappa shape index (κ3) is 4.41. The predicted molar refractivity (Wildman–Crippen MR) is 133 cm³/mol. The van der Waals surface area contributed by atoms with Crippen molar-refractivity contribution in [1.29, 1.82) is 0 Å². The van der Waals surface area contributed by atoms with Crippen LogP contribution in [-0.2, 0) is 17.3 Å². The highest BCUT2D eigenvalue weighted by molar-refractivity contribution is 5.95. The monoisotopic (exact) mass is 424 g/mol. The topological polar surface area (TPSA) is 37.3 Å². The lowest BCUT2D eigenvalue weighted by molar-refractivity contribution is 0.0696. The van der Waals surface area contributed by atoms with Gasteiger partial charge in [-0.25, -0.2) is 4.79 Å². The van der Waals surface area contributed by atoms with Crippen molar-refractivity contribution in [1.82, 2.24) is 0 Å². The van der Waals surface area contributed by atoms with Gasteiger partial charge in [0.15, 0.2) is 0 Å². The first kappa shape index (κ1) is 22.1. The molecular formula is C30H32O2. The van der Waals surface area contributed by atoms with Crippen molar-refractivity contribution in [2.45, 2.75) is 57.8 Å². The summed E-state index contributed by atoms with van der Waals surface area (Å²) in [6.45, 7) is 9.35. The number of allylic oxidation sites excluding steroid dienone is 1. The Bertz CT molecular complexity index is 1170. The quantitative estimate of drug-likeness (QED) is 0.430. The number of carbonyl (C=O) groups is 1. The Morgan fingerprint density at radius 1 is 0.844 bits per heavy atom. The third-order valence-electron chi connectivity index (χ3n) is 6.98. The normalized spacial score (nSPS) is 16.9. The molecule has 0 atom stereocenters. The van der Waals surface area contributed by atoms with Crippen LogP contribution >= 0.6 is 0 Å². The molecule has 3 aromatic rings. The molecule has 0 fully saturated rings. The number of rotatable bonds is 5. The smallest absolute Gasteiger partial charge is 0.336 e. The van der Waals surface area contributed by atoms with Crippen molar-refractivity contribution in [2.24, 2.45) is 0 Å². The summed E-state index contributed by atoms with van der Waals surface area (Å²) < 4.78 is 0. The largest absolute Gasteiger partial charge is 0.478 e. The minimum atomic E-state index is -0.899. The number of hydrogen-bond acceptors (Lipinski definition) is 1. The lowest BCUT2D eigenvalue weighted by Crippen LogP contribution is -2.33. The van der Waals surface area contributed by atoms with Crippen LogP contribution in [0.25, 0.3) is 11.6 Å². The molecule has 1 aliphatic carbocycles. The first-order chi connectivity index (χ1) is 15.2. The molecule has 4 rings (SSSR count). The average Bonchev–Trinajstić information content (AvgIpc) is 2.77. The van der Waals surface area contributed by atoms with Crippen LogP contribution < -0.4 is 0 Å². The van der Waals surface area contributed by atoms with Crippen LogP contribution in [0.3, 0.4) is 0 Å². The fourth-order valence-corrected chi connectivity index (χ4v) is 4.85. The highest BCUT2D eigenvalue weighted by Crippen LogP contribution is 2.46. The van der Waals surface area contributed by atoms with E-state index in [1.807, 2.05) is 18.2 Å². The molecule has 0 unspecified atom stereocenters. The molecule has 164 valence electrons. The Balaban J connectivity index is 1.87. The second-order valence-corrected chi connectivity index (χ2v) is 10.3. The van der Waals surface area contributed by atoms with Crippen molar-refractivity contribution in [3.8, 4) is 0 Å². The molecule has 0 aliphatic heterocycles. The lowest BCUT2D eigenvalue weighted by atomic mass is 9.63. The molecular weight excluding hydrogens is 392 g/mol. The van der Waals surface area contributed by atoms with Crippen molar-refractivity contribution >= 4 is 17.6 Å². The number of hydrogen-bond donors (Lipinski definition) is 1. The zero-order valence-corrected chi connectivity index (χ0v) is 19.5. The van der Waals surface area contributed by atoms with Crippen molar-refractivity contribution in [3.05, 3.63) is 106 Å². The van der Waals surface area contributed by atoms with E-state index in [0.29, 0.717) is 5.56 Å². The van der Waals surface area contributed by atoms with Gasteiger partial charge in [-0.15, -0.1) is 0 Å². The number of carboxylic acid groups (broad SMARTS) is 1. The molecule has 0 heterocycles. The highest BCUT2D eigenvalue weighted by Gasteiger charge is 2.37. The van der Waals surface area contributed by atoms with E-state index in [9.17, 15) is 9.90 Å². The van der Waals surface area contributed by atoms with E-state index in [0.717, 1.165) is 24.0 Å². The van der Waals surface area contributed by atoms with Gasteiger partial charge in [0.05, 0.1) is 5.56 Å². The summed E-state index contributed by atoms with van der Waals surface area (Å²) in [5, 5.41) is 9.69. The van der Waals surface area contributed by atoms with Gasteiger partial charge in [-0.3, -0.25) is 0 Å².